The molecule has 2 aromatic carbocycles. The van der Waals surface area contributed by atoms with Crippen molar-refractivity contribution < 1.29 is 19.1 Å². The van der Waals surface area contributed by atoms with Crippen LogP contribution < -0.4 is 0 Å². The highest BCUT2D eigenvalue weighted by Crippen LogP contribution is 2.31. The predicted octanol–water partition coefficient (Wildman–Crippen LogP) is 3.80. The Labute approximate surface area is 190 Å². The van der Waals surface area contributed by atoms with Gasteiger partial charge in [-0.3, -0.25) is 9.59 Å². The van der Waals surface area contributed by atoms with Crippen molar-refractivity contribution in [3.8, 4) is 0 Å². The molecule has 2 amide bonds. The van der Waals surface area contributed by atoms with Gasteiger partial charge in [-0.1, -0.05) is 36.4 Å². The van der Waals surface area contributed by atoms with Gasteiger partial charge in [-0.15, -0.1) is 11.3 Å². The fraction of sp³-hybridized carbons (Fsp3) is 0.240. The van der Waals surface area contributed by atoms with Gasteiger partial charge in [0.15, 0.2) is 0 Å². The molecule has 5 rings (SSSR count). The summed E-state index contributed by atoms with van der Waals surface area (Å²) in [6.07, 6.45) is 0.184. The zero-order valence-corrected chi connectivity index (χ0v) is 18.2. The zero-order valence-electron chi connectivity index (χ0n) is 17.4. The summed E-state index contributed by atoms with van der Waals surface area (Å²) in [5.41, 5.74) is 2.84. The van der Waals surface area contributed by atoms with E-state index in [0.717, 1.165) is 16.0 Å². The molecule has 1 atom stereocenters. The van der Waals surface area contributed by atoms with Gasteiger partial charge in [0.05, 0.1) is 10.4 Å². The first-order chi connectivity index (χ1) is 15.6. The summed E-state index contributed by atoms with van der Waals surface area (Å²) < 4.78 is 5.61. The lowest BCUT2D eigenvalue weighted by Gasteiger charge is -2.34. The van der Waals surface area contributed by atoms with Gasteiger partial charge in [0.25, 0.3) is 11.8 Å². The lowest BCUT2D eigenvalue weighted by molar-refractivity contribution is 0.0252. The minimum Gasteiger partial charge on any atom is -0.454 e. The summed E-state index contributed by atoms with van der Waals surface area (Å²) in [6.45, 7) is 2.00. The van der Waals surface area contributed by atoms with Crippen LogP contribution in [0.3, 0.4) is 0 Å². The number of thiophene rings is 1. The summed E-state index contributed by atoms with van der Waals surface area (Å²) in [4.78, 5) is 42.5. The van der Waals surface area contributed by atoms with Gasteiger partial charge in [-0.05, 0) is 40.8 Å². The fourth-order valence-corrected chi connectivity index (χ4v) is 4.92. The van der Waals surface area contributed by atoms with Crippen LogP contribution in [0.2, 0.25) is 0 Å². The molecule has 1 aromatic heterocycles. The largest absolute Gasteiger partial charge is 0.454 e. The Morgan fingerprint density at radius 3 is 2.28 bits per heavy atom. The second-order valence-electron chi connectivity index (χ2n) is 7.94. The van der Waals surface area contributed by atoms with E-state index in [4.69, 9.17) is 4.74 Å². The Morgan fingerprint density at radius 1 is 0.875 bits per heavy atom. The maximum absolute atomic E-state index is 13.1. The number of piperazine rings is 1. The van der Waals surface area contributed by atoms with Gasteiger partial charge in [0, 0.05) is 38.2 Å². The van der Waals surface area contributed by atoms with Crippen molar-refractivity contribution in [2.24, 2.45) is 0 Å². The molecule has 2 aliphatic heterocycles. The van der Waals surface area contributed by atoms with Crippen LogP contribution >= 0.6 is 11.3 Å². The number of ether oxygens (including phenoxy) is 1. The first-order valence-electron chi connectivity index (χ1n) is 10.6. The molecule has 0 N–H and O–H groups in total. The van der Waals surface area contributed by atoms with E-state index in [1.165, 1.54) is 11.3 Å². The SMILES string of the molecule is O=C1OC(c2ccccc2)Cc2cc(C(=O)N3CCN(C(=O)c4cccs4)CC3)ccc21. The molecule has 2 aliphatic rings. The molecular weight excluding hydrogens is 424 g/mol. The van der Waals surface area contributed by atoms with Crippen LogP contribution in [0.5, 0.6) is 0 Å². The second kappa shape index (κ2) is 8.59. The second-order valence-corrected chi connectivity index (χ2v) is 8.89. The lowest BCUT2D eigenvalue weighted by atomic mass is 9.93. The minimum absolute atomic E-state index is 0.0198. The normalized spacial score (nSPS) is 18.1. The van der Waals surface area contributed by atoms with Crippen molar-refractivity contribution >= 4 is 29.1 Å². The molecule has 0 bridgehead atoms. The molecule has 0 radical (unpaired) electrons. The first-order valence-corrected chi connectivity index (χ1v) is 11.5. The van der Waals surface area contributed by atoms with Gasteiger partial charge in [0.1, 0.15) is 6.10 Å². The Hall–Kier alpha value is -3.45. The van der Waals surface area contributed by atoms with Crippen LogP contribution in [-0.2, 0) is 11.2 Å². The smallest absolute Gasteiger partial charge is 0.339 e. The van der Waals surface area contributed by atoms with E-state index >= 15 is 0 Å². The lowest BCUT2D eigenvalue weighted by Crippen LogP contribution is -2.50. The number of nitrogens with zero attached hydrogens (tertiary/aromatic N) is 2. The quantitative estimate of drug-likeness (QED) is 0.574. The van der Waals surface area contributed by atoms with E-state index in [0.29, 0.717) is 43.7 Å². The number of benzene rings is 2. The van der Waals surface area contributed by atoms with Crippen LogP contribution in [0.4, 0.5) is 0 Å². The monoisotopic (exact) mass is 446 g/mol. The Bertz CT molecular complexity index is 1150. The highest BCUT2D eigenvalue weighted by atomic mass is 32.1. The van der Waals surface area contributed by atoms with E-state index in [1.807, 2.05) is 53.9 Å². The summed E-state index contributed by atoms with van der Waals surface area (Å²) in [5, 5.41) is 1.89. The van der Waals surface area contributed by atoms with E-state index in [-0.39, 0.29) is 23.9 Å². The van der Waals surface area contributed by atoms with E-state index in [2.05, 4.69) is 0 Å². The average Bonchev–Trinajstić information content (AvgIpc) is 3.38. The van der Waals surface area contributed by atoms with Crippen LogP contribution in [0.25, 0.3) is 0 Å². The number of carbonyl (C=O) groups excluding carboxylic acids is 3. The Balaban J connectivity index is 1.28. The van der Waals surface area contributed by atoms with E-state index in [1.54, 1.807) is 21.9 Å². The summed E-state index contributed by atoms with van der Waals surface area (Å²) in [5.74, 6) is -0.419. The van der Waals surface area contributed by atoms with Gasteiger partial charge in [0.2, 0.25) is 0 Å². The van der Waals surface area contributed by atoms with Gasteiger partial charge in [-0.25, -0.2) is 4.79 Å². The van der Waals surface area contributed by atoms with E-state index < -0.39 is 0 Å². The molecule has 7 heteroatoms. The van der Waals surface area contributed by atoms with Gasteiger partial charge < -0.3 is 14.5 Å². The first kappa shape index (κ1) is 20.5. The van der Waals surface area contributed by atoms with Crippen molar-refractivity contribution in [2.75, 3.05) is 26.2 Å². The zero-order chi connectivity index (χ0) is 22.1. The molecule has 1 fully saturated rings. The molecule has 0 saturated carbocycles. The molecule has 32 heavy (non-hydrogen) atoms. The third-order valence-corrected chi connectivity index (χ3v) is 6.84. The molecule has 3 heterocycles. The van der Waals surface area contributed by atoms with Crippen LogP contribution in [-0.4, -0.2) is 53.8 Å². The van der Waals surface area contributed by atoms with Crippen molar-refractivity contribution in [1.29, 1.82) is 0 Å². The van der Waals surface area contributed by atoms with Crippen molar-refractivity contribution in [2.45, 2.75) is 12.5 Å². The maximum atomic E-state index is 13.1. The van der Waals surface area contributed by atoms with Crippen LogP contribution in [0, 0.1) is 0 Å². The van der Waals surface area contributed by atoms with Crippen molar-refractivity contribution in [3.05, 3.63) is 93.2 Å². The average molecular weight is 447 g/mol. The third-order valence-electron chi connectivity index (χ3n) is 5.98. The molecule has 1 saturated heterocycles. The highest BCUT2D eigenvalue weighted by molar-refractivity contribution is 7.12. The molecule has 6 nitrogen and oxygen atoms in total. The van der Waals surface area contributed by atoms with Crippen LogP contribution in [0.1, 0.15) is 47.6 Å². The Morgan fingerprint density at radius 2 is 1.59 bits per heavy atom. The number of rotatable bonds is 3. The number of esters is 1. The highest BCUT2D eigenvalue weighted by Gasteiger charge is 2.30. The summed E-state index contributed by atoms with van der Waals surface area (Å²) >= 11 is 1.43. The maximum Gasteiger partial charge on any atom is 0.339 e. The standard InChI is InChI=1S/C25H22N2O4S/c28-23(26-10-12-27(13-11-26)24(29)22-7-4-14-32-22)18-8-9-20-19(15-18)16-21(31-25(20)30)17-5-2-1-3-6-17/h1-9,14-15,21H,10-13,16H2. The summed E-state index contributed by atoms with van der Waals surface area (Å²) in [7, 11) is 0. The molecule has 162 valence electrons. The fourth-order valence-electron chi connectivity index (χ4n) is 4.23. The molecular formula is C25H22N2O4S. The molecule has 0 aliphatic carbocycles. The van der Waals surface area contributed by atoms with E-state index in [9.17, 15) is 14.4 Å². The Kier molecular flexibility index (Phi) is 5.49. The summed E-state index contributed by atoms with van der Waals surface area (Å²) in [6, 6.07) is 18.5. The van der Waals surface area contributed by atoms with Gasteiger partial charge >= 0.3 is 5.97 Å². The minimum atomic E-state index is -0.361. The van der Waals surface area contributed by atoms with Gasteiger partial charge in [-0.2, -0.15) is 0 Å². The molecule has 1 unspecified atom stereocenters. The number of carbonyl (C=O) groups is 3. The number of cyclic esters (lactones) is 1. The number of amides is 2. The topological polar surface area (TPSA) is 66.9 Å². The molecule has 3 aromatic rings. The number of hydrogen-bond acceptors (Lipinski definition) is 5. The van der Waals surface area contributed by atoms with Crippen LogP contribution in [0.15, 0.2) is 66.0 Å². The van der Waals surface area contributed by atoms with Crippen molar-refractivity contribution in [1.82, 2.24) is 9.80 Å². The predicted molar refractivity (Wildman–Crippen MR) is 121 cm³/mol. The number of hydrogen-bond donors (Lipinski definition) is 0. The molecule has 0 spiro atoms. The third kappa shape index (κ3) is 3.91. The number of fused-ring (bicyclic) bond motifs is 1. The van der Waals surface area contributed by atoms with Crippen molar-refractivity contribution in [3.63, 3.8) is 0 Å².